The van der Waals surface area contributed by atoms with Crippen LogP contribution in [0.25, 0.3) is 0 Å². The van der Waals surface area contributed by atoms with Gasteiger partial charge in [0.05, 0.1) is 22.7 Å². The molecule has 0 aliphatic rings. The number of nitrogens with one attached hydrogen (secondary N) is 2. The van der Waals surface area contributed by atoms with E-state index in [1.165, 1.54) is 7.11 Å². The van der Waals surface area contributed by atoms with Crippen molar-refractivity contribution in [3.8, 4) is 0 Å². The third-order valence-corrected chi connectivity index (χ3v) is 2.91. The summed E-state index contributed by atoms with van der Waals surface area (Å²) in [5, 5.41) is 15.3. The largest absolute Gasteiger partial charge is 0.390 e. The minimum absolute atomic E-state index is 0.0295. The highest BCUT2D eigenvalue weighted by atomic mass is 35.5. The second kappa shape index (κ2) is 8.22. The van der Waals surface area contributed by atoms with Gasteiger partial charge < -0.3 is 20.5 Å². The molecular weight excluding hydrogens is 291 g/mol. The lowest BCUT2D eigenvalue weighted by Crippen LogP contribution is -2.21. The molecule has 1 rings (SSSR count). The topological polar surface area (TPSA) is 70.6 Å². The van der Waals surface area contributed by atoms with E-state index in [9.17, 15) is 9.90 Å². The van der Waals surface area contributed by atoms with Crippen molar-refractivity contribution in [3.05, 3.63) is 23.2 Å². The Kier molecular flexibility index (Phi) is 6.94. The SMILES string of the molecule is COCC(=O)Nc1ccc(NCC(O)CCl)cc1Cl. The van der Waals surface area contributed by atoms with Gasteiger partial charge in [-0.05, 0) is 18.2 Å². The molecule has 0 fully saturated rings. The third-order valence-electron chi connectivity index (χ3n) is 2.24. The van der Waals surface area contributed by atoms with E-state index < -0.39 is 6.10 Å². The average molecular weight is 307 g/mol. The number of benzene rings is 1. The van der Waals surface area contributed by atoms with E-state index in [0.717, 1.165) is 5.69 Å². The number of carbonyl (C=O) groups excluding carboxylic acids is 1. The van der Waals surface area contributed by atoms with Crippen LogP contribution in [0.2, 0.25) is 5.02 Å². The molecule has 1 amide bonds. The molecule has 0 bridgehead atoms. The van der Waals surface area contributed by atoms with E-state index in [1.54, 1.807) is 18.2 Å². The summed E-state index contributed by atoms with van der Waals surface area (Å²) in [7, 11) is 1.44. The van der Waals surface area contributed by atoms with Gasteiger partial charge in [0, 0.05) is 19.3 Å². The monoisotopic (exact) mass is 306 g/mol. The molecule has 106 valence electrons. The van der Waals surface area contributed by atoms with Gasteiger partial charge in [0.15, 0.2) is 0 Å². The van der Waals surface area contributed by atoms with Crippen molar-refractivity contribution in [3.63, 3.8) is 0 Å². The summed E-state index contributed by atoms with van der Waals surface area (Å²) >= 11 is 11.5. The van der Waals surface area contributed by atoms with Gasteiger partial charge in [-0.15, -0.1) is 11.6 Å². The van der Waals surface area contributed by atoms with E-state index >= 15 is 0 Å². The van der Waals surface area contributed by atoms with Crippen molar-refractivity contribution < 1.29 is 14.6 Å². The molecule has 0 heterocycles. The number of hydrogen-bond donors (Lipinski definition) is 3. The predicted molar refractivity (Wildman–Crippen MR) is 77.2 cm³/mol. The highest BCUT2D eigenvalue weighted by Gasteiger charge is 2.07. The van der Waals surface area contributed by atoms with Crippen LogP contribution in [0, 0.1) is 0 Å². The Bertz CT molecular complexity index is 429. The van der Waals surface area contributed by atoms with Crippen LogP contribution in [-0.2, 0) is 9.53 Å². The minimum Gasteiger partial charge on any atom is -0.390 e. The molecule has 19 heavy (non-hydrogen) atoms. The normalized spacial score (nSPS) is 12.0. The number of amides is 1. The molecule has 0 spiro atoms. The van der Waals surface area contributed by atoms with Gasteiger partial charge in [0.1, 0.15) is 6.61 Å². The maximum Gasteiger partial charge on any atom is 0.250 e. The van der Waals surface area contributed by atoms with Gasteiger partial charge in [-0.3, -0.25) is 4.79 Å². The van der Waals surface area contributed by atoms with E-state index in [-0.39, 0.29) is 18.4 Å². The second-order valence-corrected chi connectivity index (χ2v) is 4.58. The van der Waals surface area contributed by atoms with Crippen LogP contribution in [0.5, 0.6) is 0 Å². The van der Waals surface area contributed by atoms with Crippen LogP contribution in [0.4, 0.5) is 11.4 Å². The fraction of sp³-hybridized carbons (Fsp3) is 0.417. The number of anilines is 2. The highest BCUT2D eigenvalue weighted by Crippen LogP contribution is 2.25. The van der Waals surface area contributed by atoms with Crippen molar-refractivity contribution in [2.45, 2.75) is 6.10 Å². The summed E-state index contributed by atoms with van der Waals surface area (Å²) in [6.45, 7) is 0.299. The van der Waals surface area contributed by atoms with E-state index in [4.69, 9.17) is 27.9 Å². The molecule has 1 aromatic rings. The van der Waals surface area contributed by atoms with Crippen molar-refractivity contribution in [2.24, 2.45) is 0 Å². The lowest BCUT2D eigenvalue weighted by atomic mass is 10.2. The fourth-order valence-corrected chi connectivity index (χ4v) is 1.67. The van der Waals surface area contributed by atoms with E-state index in [0.29, 0.717) is 17.3 Å². The Labute approximate surface area is 121 Å². The number of alkyl halides is 1. The summed E-state index contributed by atoms with van der Waals surface area (Å²) in [6, 6.07) is 5.07. The zero-order valence-electron chi connectivity index (χ0n) is 10.5. The van der Waals surface area contributed by atoms with Crippen LogP contribution < -0.4 is 10.6 Å². The molecule has 0 saturated carbocycles. The van der Waals surface area contributed by atoms with Gasteiger partial charge in [0.25, 0.3) is 0 Å². The average Bonchev–Trinajstić information content (AvgIpc) is 2.39. The van der Waals surface area contributed by atoms with Gasteiger partial charge in [-0.2, -0.15) is 0 Å². The molecular formula is C12H16Cl2N2O3. The maximum atomic E-state index is 11.3. The quantitative estimate of drug-likeness (QED) is 0.673. The van der Waals surface area contributed by atoms with Crippen LogP contribution in [0.15, 0.2) is 18.2 Å². The van der Waals surface area contributed by atoms with Crippen LogP contribution >= 0.6 is 23.2 Å². The molecule has 1 atom stereocenters. The van der Waals surface area contributed by atoms with Crippen molar-refractivity contribution in [2.75, 3.05) is 36.8 Å². The summed E-state index contributed by atoms with van der Waals surface area (Å²) < 4.78 is 4.71. The summed E-state index contributed by atoms with van der Waals surface area (Å²) in [5.74, 6) is -0.117. The first kappa shape index (κ1) is 16.0. The molecule has 7 heteroatoms. The highest BCUT2D eigenvalue weighted by molar-refractivity contribution is 6.34. The van der Waals surface area contributed by atoms with Crippen molar-refractivity contribution >= 4 is 40.5 Å². The fourth-order valence-electron chi connectivity index (χ4n) is 1.33. The first-order valence-electron chi connectivity index (χ1n) is 5.63. The molecule has 1 aromatic carbocycles. The zero-order chi connectivity index (χ0) is 14.3. The molecule has 0 radical (unpaired) electrons. The number of halogens is 2. The number of carbonyl (C=O) groups is 1. The van der Waals surface area contributed by atoms with Gasteiger partial charge in [-0.1, -0.05) is 11.6 Å². The van der Waals surface area contributed by atoms with Gasteiger partial charge >= 0.3 is 0 Å². The van der Waals surface area contributed by atoms with Crippen LogP contribution in [0.3, 0.4) is 0 Å². The molecule has 0 aliphatic carbocycles. The number of rotatable bonds is 7. The Morgan fingerprint density at radius 3 is 2.84 bits per heavy atom. The van der Waals surface area contributed by atoms with Crippen molar-refractivity contribution in [1.82, 2.24) is 0 Å². The lowest BCUT2D eigenvalue weighted by molar-refractivity contribution is -0.119. The van der Waals surface area contributed by atoms with Crippen LogP contribution in [-0.4, -0.2) is 43.3 Å². The Hall–Kier alpha value is -1.01. The molecule has 0 saturated heterocycles. The zero-order valence-corrected chi connectivity index (χ0v) is 12.0. The lowest BCUT2D eigenvalue weighted by Gasteiger charge is -2.12. The summed E-state index contributed by atoms with van der Waals surface area (Å²) in [4.78, 5) is 11.3. The first-order valence-corrected chi connectivity index (χ1v) is 6.54. The summed E-state index contributed by atoms with van der Waals surface area (Å²) in [6.07, 6.45) is -0.624. The molecule has 0 aliphatic heterocycles. The Balaban J connectivity index is 2.61. The van der Waals surface area contributed by atoms with Gasteiger partial charge in [0.2, 0.25) is 5.91 Å². The molecule has 5 nitrogen and oxygen atoms in total. The maximum absolute atomic E-state index is 11.3. The molecule has 1 unspecified atom stereocenters. The third kappa shape index (κ3) is 5.65. The Morgan fingerprint density at radius 2 is 2.26 bits per heavy atom. The number of aliphatic hydroxyl groups excluding tert-OH is 1. The second-order valence-electron chi connectivity index (χ2n) is 3.86. The number of ether oxygens (including phenoxy) is 1. The van der Waals surface area contributed by atoms with Crippen molar-refractivity contribution in [1.29, 1.82) is 0 Å². The Morgan fingerprint density at radius 1 is 1.53 bits per heavy atom. The van der Waals surface area contributed by atoms with Crippen LogP contribution in [0.1, 0.15) is 0 Å². The minimum atomic E-state index is -0.624. The van der Waals surface area contributed by atoms with E-state index in [2.05, 4.69) is 10.6 Å². The summed E-state index contributed by atoms with van der Waals surface area (Å²) in [5.41, 5.74) is 1.24. The standard InChI is InChI=1S/C12H16Cl2N2O3/c1-19-7-12(18)16-11-3-2-8(4-10(11)14)15-6-9(17)5-13/h2-4,9,15,17H,5-7H2,1H3,(H,16,18). The predicted octanol–water partition coefficient (Wildman–Crippen LogP) is 1.94. The van der Waals surface area contributed by atoms with E-state index in [1.807, 2.05) is 0 Å². The first-order chi connectivity index (χ1) is 9.06. The smallest absolute Gasteiger partial charge is 0.250 e. The number of aliphatic hydroxyl groups is 1. The molecule has 0 aromatic heterocycles. The molecule has 3 N–H and O–H groups in total. The van der Waals surface area contributed by atoms with Gasteiger partial charge in [-0.25, -0.2) is 0 Å². The number of hydrogen-bond acceptors (Lipinski definition) is 4. The number of methoxy groups -OCH3 is 1.